The number of rotatable bonds is 19. The molecule has 0 aliphatic rings. The van der Waals surface area contributed by atoms with Crippen LogP contribution in [-0.4, -0.2) is 25.0 Å². The number of likely N-dealkylation sites (N-methyl/N-ethyl adjacent to an activating group) is 1. The second kappa shape index (κ2) is 17.8. The van der Waals surface area contributed by atoms with Gasteiger partial charge in [-0.3, -0.25) is 0 Å². The fraction of sp³-hybridized carbons (Fsp3) is 0.793. The van der Waals surface area contributed by atoms with E-state index in [4.69, 9.17) is 0 Å². The highest BCUT2D eigenvalue weighted by Crippen LogP contribution is 2.18. The van der Waals surface area contributed by atoms with Gasteiger partial charge in [0.25, 0.3) is 0 Å². The third-order valence-electron chi connectivity index (χ3n) is 6.62. The van der Waals surface area contributed by atoms with E-state index in [1.54, 1.807) is 0 Å². The molecule has 0 spiro atoms. The van der Waals surface area contributed by atoms with Crippen LogP contribution in [0.15, 0.2) is 18.2 Å². The quantitative estimate of drug-likeness (QED) is 0.204. The topological polar surface area (TPSA) is 3.24 Å². The van der Waals surface area contributed by atoms with Gasteiger partial charge in [-0.25, -0.2) is 0 Å². The molecule has 0 bridgehead atoms. The molecule has 1 nitrogen and oxygen atoms in total. The Kier molecular flexibility index (Phi) is 16.2. The highest BCUT2D eigenvalue weighted by atomic mass is 15.1. The molecule has 0 saturated heterocycles. The van der Waals surface area contributed by atoms with Crippen LogP contribution in [-0.2, 0) is 6.42 Å². The van der Waals surface area contributed by atoms with Crippen LogP contribution in [0.5, 0.6) is 0 Å². The molecule has 0 amide bonds. The van der Waals surface area contributed by atoms with Gasteiger partial charge in [-0.15, -0.1) is 0 Å². The van der Waals surface area contributed by atoms with Gasteiger partial charge in [0, 0.05) is 6.04 Å². The minimum absolute atomic E-state index is 0.674. The Hall–Kier alpha value is -0.820. The van der Waals surface area contributed by atoms with Crippen LogP contribution in [0.1, 0.15) is 126 Å². The van der Waals surface area contributed by atoms with E-state index in [1.807, 2.05) is 0 Å². The predicted molar refractivity (Wildman–Crippen MR) is 137 cm³/mol. The summed E-state index contributed by atoms with van der Waals surface area (Å²) in [7, 11) is 4.50. The SMILES string of the molecule is CCCCCCCCCCCCCCCCCC(Cc1cc(C)cc(C)c1)N(C)C. The number of aryl methyl sites for hydroxylation is 2. The molecule has 1 atom stereocenters. The molecular weight excluding hydrogens is 362 g/mol. The van der Waals surface area contributed by atoms with Crippen molar-refractivity contribution in [2.45, 2.75) is 136 Å². The van der Waals surface area contributed by atoms with E-state index in [-0.39, 0.29) is 0 Å². The molecule has 0 aromatic heterocycles. The average molecular weight is 416 g/mol. The summed E-state index contributed by atoms with van der Waals surface area (Å²) in [6.07, 6.45) is 24.2. The number of unbranched alkanes of at least 4 members (excludes halogenated alkanes) is 14. The summed E-state index contributed by atoms with van der Waals surface area (Å²) in [4.78, 5) is 2.43. The van der Waals surface area contributed by atoms with Gasteiger partial charge in [-0.2, -0.15) is 0 Å². The van der Waals surface area contributed by atoms with Crippen molar-refractivity contribution < 1.29 is 0 Å². The van der Waals surface area contributed by atoms with E-state index in [0.29, 0.717) is 6.04 Å². The van der Waals surface area contributed by atoms with E-state index in [9.17, 15) is 0 Å². The Morgan fingerprint density at radius 2 is 1.00 bits per heavy atom. The van der Waals surface area contributed by atoms with Crippen LogP contribution < -0.4 is 0 Å². The zero-order chi connectivity index (χ0) is 22.0. The third-order valence-corrected chi connectivity index (χ3v) is 6.62. The zero-order valence-electron chi connectivity index (χ0n) is 21.3. The third kappa shape index (κ3) is 14.2. The van der Waals surface area contributed by atoms with Crippen molar-refractivity contribution in [1.82, 2.24) is 4.90 Å². The highest BCUT2D eigenvalue weighted by Gasteiger charge is 2.12. The maximum Gasteiger partial charge on any atom is 0.0130 e. The average Bonchev–Trinajstić information content (AvgIpc) is 2.69. The van der Waals surface area contributed by atoms with E-state index in [0.717, 1.165) is 0 Å². The molecule has 1 unspecified atom stereocenters. The van der Waals surface area contributed by atoms with Crippen molar-refractivity contribution in [3.8, 4) is 0 Å². The maximum absolute atomic E-state index is 2.43. The van der Waals surface area contributed by atoms with Gasteiger partial charge in [0.15, 0.2) is 0 Å². The highest BCUT2D eigenvalue weighted by molar-refractivity contribution is 5.29. The zero-order valence-corrected chi connectivity index (χ0v) is 21.3. The van der Waals surface area contributed by atoms with Crippen molar-refractivity contribution in [2.24, 2.45) is 0 Å². The lowest BCUT2D eigenvalue weighted by Crippen LogP contribution is -2.30. The number of hydrogen-bond acceptors (Lipinski definition) is 1. The number of hydrogen-bond donors (Lipinski definition) is 0. The molecule has 0 aliphatic heterocycles. The lowest BCUT2D eigenvalue weighted by molar-refractivity contribution is 0.269. The Bertz CT molecular complexity index is 499. The smallest absolute Gasteiger partial charge is 0.0130 e. The maximum atomic E-state index is 2.43. The molecule has 30 heavy (non-hydrogen) atoms. The van der Waals surface area contributed by atoms with Crippen LogP contribution in [0.4, 0.5) is 0 Å². The van der Waals surface area contributed by atoms with Crippen LogP contribution in [0, 0.1) is 13.8 Å². The summed E-state index contributed by atoms with van der Waals surface area (Å²) in [5.74, 6) is 0. The summed E-state index contributed by atoms with van der Waals surface area (Å²) in [6, 6.07) is 7.70. The fourth-order valence-corrected chi connectivity index (χ4v) is 4.75. The van der Waals surface area contributed by atoms with Crippen molar-refractivity contribution >= 4 is 0 Å². The number of benzene rings is 1. The van der Waals surface area contributed by atoms with Crippen molar-refractivity contribution in [3.63, 3.8) is 0 Å². The normalized spacial score (nSPS) is 12.6. The monoisotopic (exact) mass is 415 g/mol. The first kappa shape index (κ1) is 27.2. The molecule has 1 rings (SSSR count). The van der Waals surface area contributed by atoms with E-state index in [2.05, 4.69) is 58.0 Å². The first-order valence-electron chi connectivity index (χ1n) is 13.3. The first-order valence-corrected chi connectivity index (χ1v) is 13.3. The molecule has 0 N–H and O–H groups in total. The standard InChI is InChI=1S/C29H53N/c1-6-7-8-9-10-11-12-13-14-15-16-17-18-19-20-21-29(30(4)5)25-28-23-26(2)22-27(3)24-28/h22-24,29H,6-21,25H2,1-5H3. The Morgan fingerprint density at radius 3 is 1.40 bits per heavy atom. The van der Waals surface area contributed by atoms with E-state index < -0.39 is 0 Å². The van der Waals surface area contributed by atoms with Crippen LogP contribution in [0.2, 0.25) is 0 Å². The molecule has 1 aromatic carbocycles. The Labute approximate surface area is 190 Å². The van der Waals surface area contributed by atoms with Crippen LogP contribution in [0.25, 0.3) is 0 Å². The minimum Gasteiger partial charge on any atom is -0.306 e. The van der Waals surface area contributed by atoms with Crippen molar-refractivity contribution in [1.29, 1.82) is 0 Å². The second-order valence-corrected chi connectivity index (χ2v) is 10.1. The molecule has 0 fully saturated rings. The summed E-state index contributed by atoms with van der Waals surface area (Å²) in [5, 5.41) is 0. The second-order valence-electron chi connectivity index (χ2n) is 10.1. The van der Waals surface area contributed by atoms with Gasteiger partial charge >= 0.3 is 0 Å². The molecular formula is C29H53N. The summed E-state index contributed by atoms with van der Waals surface area (Å²) < 4.78 is 0. The van der Waals surface area contributed by atoms with Gasteiger partial charge in [-0.05, 0) is 46.3 Å². The molecule has 1 aromatic rings. The van der Waals surface area contributed by atoms with E-state index in [1.165, 1.54) is 126 Å². The minimum atomic E-state index is 0.674. The van der Waals surface area contributed by atoms with Crippen LogP contribution >= 0.6 is 0 Å². The number of nitrogens with zero attached hydrogens (tertiary/aromatic N) is 1. The van der Waals surface area contributed by atoms with Gasteiger partial charge in [0.05, 0.1) is 0 Å². The van der Waals surface area contributed by atoms with Crippen molar-refractivity contribution in [2.75, 3.05) is 14.1 Å². The molecule has 174 valence electrons. The molecule has 1 heteroatoms. The lowest BCUT2D eigenvalue weighted by atomic mass is 9.96. The fourth-order valence-electron chi connectivity index (χ4n) is 4.75. The predicted octanol–water partition coefficient (Wildman–Crippen LogP) is 9.04. The van der Waals surface area contributed by atoms with Gasteiger partial charge < -0.3 is 4.90 Å². The van der Waals surface area contributed by atoms with Crippen LogP contribution in [0.3, 0.4) is 0 Å². The van der Waals surface area contributed by atoms with E-state index >= 15 is 0 Å². The van der Waals surface area contributed by atoms with Crippen molar-refractivity contribution in [3.05, 3.63) is 34.9 Å². The Balaban J connectivity index is 2.00. The first-order chi connectivity index (χ1) is 14.5. The Morgan fingerprint density at radius 1 is 0.600 bits per heavy atom. The molecule has 0 saturated carbocycles. The van der Waals surface area contributed by atoms with Gasteiger partial charge in [-0.1, -0.05) is 133 Å². The van der Waals surface area contributed by atoms with Gasteiger partial charge in [0.2, 0.25) is 0 Å². The molecule has 0 radical (unpaired) electrons. The van der Waals surface area contributed by atoms with Gasteiger partial charge in [0.1, 0.15) is 0 Å². The summed E-state index contributed by atoms with van der Waals surface area (Å²) in [6.45, 7) is 6.74. The lowest BCUT2D eigenvalue weighted by Gasteiger charge is -2.25. The molecule has 0 heterocycles. The molecule has 0 aliphatic carbocycles. The summed E-state index contributed by atoms with van der Waals surface area (Å²) in [5.41, 5.74) is 4.30. The summed E-state index contributed by atoms with van der Waals surface area (Å²) >= 11 is 0. The largest absolute Gasteiger partial charge is 0.306 e.